The molecule has 0 spiro atoms. The van der Waals surface area contributed by atoms with Crippen LogP contribution >= 0.6 is 0 Å². The van der Waals surface area contributed by atoms with E-state index in [2.05, 4.69) is 16.0 Å². The lowest BCUT2D eigenvalue weighted by molar-refractivity contribution is -0.121. The Hall–Kier alpha value is -3.75. The monoisotopic (exact) mass is 441 g/mol. The molecule has 1 aliphatic heterocycles. The Morgan fingerprint density at radius 1 is 0.969 bits per heavy atom. The molecule has 0 radical (unpaired) electrons. The minimum Gasteiger partial charge on any atom is -0.454 e. The highest BCUT2D eigenvalue weighted by atomic mass is 16.7. The number of hydrogen-bond acceptors (Lipinski definition) is 6. The van der Waals surface area contributed by atoms with Gasteiger partial charge in [-0.2, -0.15) is 0 Å². The number of alkyl carbamates (subject to hydrolysis) is 1. The molecule has 1 aliphatic rings. The fourth-order valence-corrected chi connectivity index (χ4v) is 2.83. The van der Waals surface area contributed by atoms with E-state index in [0.717, 1.165) is 5.56 Å². The van der Waals surface area contributed by atoms with Crippen LogP contribution in [0.3, 0.4) is 0 Å². The topological polar surface area (TPSA) is 115 Å². The van der Waals surface area contributed by atoms with Gasteiger partial charge in [0.15, 0.2) is 11.5 Å². The first-order chi connectivity index (χ1) is 15.2. The van der Waals surface area contributed by atoms with Crippen molar-refractivity contribution < 1.29 is 28.6 Å². The van der Waals surface area contributed by atoms with E-state index in [1.165, 1.54) is 0 Å². The molecular weight excluding hydrogens is 414 g/mol. The average Bonchev–Trinajstić information content (AvgIpc) is 3.20. The highest BCUT2D eigenvalue weighted by molar-refractivity contribution is 6.04. The Labute approximate surface area is 186 Å². The summed E-state index contributed by atoms with van der Waals surface area (Å²) in [5.74, 6) is 0.710. The summed E-state index contributed by atoms with van der Waals surface area (Å²) in [6, 6.07) is 12.2. The van der Waals surface area contributed by atoms with Gasteiger partial charge >= 0.3 is 6.09 Å². The SMILES string of the molecule is CC(C)(C)OC(=O)NCCC(=O)NCc1ccc(NC(=O)c2ccc3c(c2)OCO3)cc1. The lowest BCUT2D eigenvalue weighted by atomic mass is 10.1. The predicted molar refractivity (Wildman–Crippen MR) is 118 cm³/mol. The summed E-state index contributed by atoms with van der Waals surface area (Å²) in [7, 11) is 0. The molecule has 9 heteroatoms. The minimum absolute atomic E-state index is 0.142. The summed E-state index contributed by atoms with van der Waals surface area (Å²) in [5.41, 5.74) is 1.39. The van der Waals surface area contributed by atoms with Crippen LogP contribution in [0.2, 0.25) is 0 Å². The average molecular weight is 441 g/mol. The van der Waals surface area contributed by atoms with Crippen molar-refractivity contribution in [1.29, 1.82) is 0 Å². The lowest BCUT2D eigenvalue weighted by Crippen LogP contribution is -2.35. The highest BCUT2D eigenvalue weighted by Crippen LogP contribution is 2.32. The zero-order valence-electron chi connectivity index (χ0n) is 18.3. The van der Waals surface area contributed by atoms with Crippen LogP contribution in [0.15, 0.2) is 42.5 Å². The molecule has 0 aromatic heterocycles. The molecule has 0 unspecified atom stereocenters. The van der Waals surface area contributed by atoms with Gasteiger partial charge in [-0.05, 0) is 56.7 Å². The number of benzene rings is 2. The van der Waals surface area contributed by atoms with Crippen LogP contribution in [0.25, 0.3) is 0 Å². The molecule has 170 valence electrons. The molecular formula is C23H27N3O6. The van der Waals surface area contributed by atoms with E-state index in [-0.39, 0.29) is 31.6 Å². The van der Waals surface area contributed by atoms with Gasteiger partial charge in [-0.25, -0.2) is 4.79 Å². The molecule has 0 saturated carbocycles. The van der Waals surface area contributed by atoms with Crippen LogP contribution < -0.4 is 25.4 Å². The van der Waals surface area contributed by atoms with Gasteiger partial charge in [-0.3, -0.25) is 9.59 Å². The van der Waals surface area contributed by atoms with Gasteiger partial charge in [0.25, 0.3) is 5.91 Å². The Bertz CT molecular complexity index is 982. The fraction of sp³-hybridized carbons (Fsp3) is 0.348. The number of nitrogens with one attached hydrogen (secondary N) is 3. The Balaban J connectivity index is 1.40. The van der Waals surface area contributed by atoms with Crippen LogP contribution in [0.5, 0.6) is 11.5 Å². The number of fused-ring (bicyclic) bond motifs is 1. The van der Waals surface area contributed by atoms with Crippen molar-refractivity contribution in [3.63, 3.8) is 0 Å². The molecule has 0 bridgehead atoms. The quantitative estimate of drug-likeness (QED) is 0.608. The van der Waals surface area contributed by atoms with Gasteiger partial charge in [-0.15, -0.1) is 0 Å². The first-order valence-electron chi connectivity index (χ1n) is 10.2. The fourth-order valence-electron chi connectivity index (χ4n) is 2.83. The van der Waals surface area contributed by atoms with Gasteiger partial charge < -0.3 is 30.2 Å². The molecule has 0 aliphatic carbocycles. The number of carbonyl (C=O) groups is 3. The van der Waals surface area contributed by atoms with Crippen molar-refractivity contribution in [2.24, 2.45) is 0 Å². The van der Waals surface area contributed by atoms with E-state index in [1.807, 2.05) is 12.1 Å². The van der Waals surface area contributed by atoms with Crippen molar-refractivity contribution in [2.45, 2.75) is 39.3 Å². The standard InChI is InChI=1S/C23H27N3O6/c1-23(2,3)32-22(29)24-11-10-20(27)25-13-15-4-7-17(8-5-15)26-21(28)16-6-9-18-19(12-16)31-14-30-18/h4-9,12H,10-11,13-14H2,1-3H3,(H,24,29)(H,25,27)(H,26,28). The van der Waals surface area contributed by atoms with Crippen LogP contribution in [-0.4, -0.2) is 36.8 Å². The van der Waals surface area contributed by atoms with Crippen molar-refractivity contribution >= 4 is 23.6 Å². The van der Waals surface area contributed by atoms with E-state index >= 15 is 0 Å². The van der Waals surface area contributed by atoms with Crippen LogP contribution in [0.4, 0.5) is 10.5 Å². The molecule has 2 aromatic carbocycles. The van der Waals surface area contributed by atoms with E-state index < -0.39 is 11.7 Å². The molecule has 32 heavy (non-hydrogen) atoms. The summed E-state index contributed by atoms with van der Waals surface area (Å²) >= 11 is 0. The van der Waals surface area contributed by atoms with E-state index in [0.29, 0.717) is 29.3 Å². The molecule has 0 atom stereocenters. The maximum Gasteiger partial charge on any atom is 0.407 e. The number of ether oxygens (including phenoxy) is 3. The van der Waals surface area contributed by atoms with Crippen molar-refractivity contribution in [2.75, 3.05) is 18.7 Å². The summed E-state index contributed by atoms with van der Waals surface area (Å²) in [5, 5.41) is 8.15. The van der Waals surface area contributed by atoms with Crippen molar-refractivity contribution in [3.8, 4) is 11.5 Å². The molecule has 9 nitrogen and oxygen atoms in total. The Kier molecular flexibility index (Phi) is 7.19. The van der Waals surface area contributed by atoms with Crippen LogP contribution in [0, 0.1) is 0 Å². The second-order valence-corrected chi connectivity index (χ2v) is 8.17. The molecule has 3 rings (SSSR count). The van der Waals surface area contributed by atoms with Crippen molar-refractivity contribution in [3.05, 3.63) is 53.6 Å². The van der Waals surface area contributed by atoms with Crippen molar-refractivity contribution in [1.82, 2.24) is 10.6 Å². The Morgan fingerprint density at radius 3 is 2.41 bits per heavy atom. The summed E-state index contributed by atoms with van der Waals surface area (Å²) < 4.78 is 15.7. The van der Waals surface area contributed by atoms with Gasteiger partial charge in [-0.1, -0.05) is 12.1 Å². The third-order valence-corrected chi connectivity index (χ3v) is 4.36. The largest absolute Gasteiger partial charge is 0.454 e. The first-order valence-corrected chi connectivity index (χ1v) is 10.2. The molecule has 2 aromatic rings. The van der Waals surface area contributed by atoms with Gasteiger partial charge in [0, 0.05) is 30.8 Å². The highest BCUT2D eigenvalue weighted by Gasteiger charge is 2.17. The summed E-state index contributed by atoms with van der Waals surface area (Å²) in [4.78, 5) is 36.0. The smallest absolute Gasteiger partial charge is 0.407 e. The number of rotatable bonds is 7. The predicted octanol–water partition coefficient (Wildman–Crippen LogP) is 3.20. The minimum atomic E-state index is -0.581. The maximum absolute atomic E-state index is 12.4. The summed E-state index contributed by atoms with van der Waals surface area (Å²) in [6.45, 7) is 5.99. The van der Waals surface area contributed by atoms with E-state index in [4.69, 9.17) is 14.2 Å². The molecule has 1 heterocycles. The first kappa shape index (κ1) is 22.9. The van der Waals surface area contributed by atoms with Crippen LogP contribution in [0.1, 0.15) is 43.1 Å². The van der Waals surface area contributed by atoms with E-state index in [9.17, 15) is 14.4 Å². The summed E-state index contributed by atoms with van der Waals surface area (Å²) in [6.07, 6.45) is -0.410. The normalized spacial score (nSPS) is 12.1. The van der Waals surface area contributed by atoms with Gasteiger partial charge in [0.2, 0.25) is 12.7 Å². The zero-order chi connectivity index (χ0) is 23.1. The third-order valence-electron chi connectivity index (χ3n) is 4.36. The molecule has 3 N–H and O–H groups in total. The molecule has 0 fully saturated rings. The third kappa shape index (κ3) is 6.90. The second kappa shape index (κ2) is 10.0. The molecule has 0 saturated heterocycles. The number of hydrogen-bond donors (Lipinski definition) is 3. The van der Waals surface area contributed by atoms with Gasteiger partial charge in [0.1, 0.15) is 5.60 Å². The number of anilines is 1. The second-order valence-electron chi connectivity index (χ2n) is 8.17. The van der Waals surface area contributed by atoms with Crippen LogP contribution in [-0.2, 0) is 16.1 Å². The Morgan fingerprint density at radius 2 is 1.69 bits per heavy atom. The lowest BCUT2D eigenvalue weighted by Gasteiger charge is -2.19. The maximum atomic E-state index is 12.4. The number of carbonyl (C=O) groups excluding carboxylic acids is 3. The molecule has 3 amide bonds. The van der Waals surface area contributed by atoms with E-state index in [1.54, 1.807) is 51.1 Å². The zero-order valence-corrected chi connectivity index (χ0v) is 18.3. The number of amides is 3. The van der Waals surface area contributed by atoms with Gasteiger partial charge in [0.05, 0.1) is 0 Å².